The van der Waals surface area contributed by atoms with Crippen molar-refractivity contribution in [3.05, 3.63) is 39.1 Å². The summed E-state index contributed by atoms with van der Waals surface area (Å²) in [6.45, 7) is 0. The molecule has 16 heavy (non-hydrogen) atoms. The Morgan fingerprint density at radius 3 is 2.69 bits per heavy atom. The first-order chi connectivity index (χ1) is 7.50. The van der Waals surface area contributed by atoms with Gasteiger partial charge in [-0.05, 0) is 12.1 Å². The molecule has 2 rings (SSSR count). The molecule has 0 aliphatic carbocycles. The molecule has 5 nitrogen and oxygen atoms in total. The number of rotatable bonds is 1. The fourth-order valence-corrected chi connectivity index (χ4v) is 1.70. The van der Waals surface area contributed by atoms with E-state index in [0.29, 0.717) is 0 Å². The highest BCUT2D eigenvalue weighted by atomic mass is 35.5. The molecule has 6 heteroatoms. The lowest BCUT2D eigenvalue weighted by atomic mass is 10.1. The number of fused-ring (bicyclic) bond motifs is 1. The number of pyridine rings is 1. The minimum Gasteiger partial charge on any atom is -0.508 e. The summed E-state index contributed by atoms with van der Waals surface area (Å²) in [6.07, 6.45) is 0. The maximum Gasteiger partial charge on any atom is 0.338 e. The van der Waals surface area contributed by atoms with E-state index in [0.717, 1.165) is 0 Å². The Morgan fingerprint density at radius 1 is 1.38 bits per heavy atom. The maximum atomic E-state index is 11.3. The van der Waals surface area contributed by atoms with E-state index in [1.807, 2.05) is 0 Å². The number of hydrogen-bond acceptors (Lipinski definition) is 3. The lowest BCUT2D eigenvalue weighted by molar-refractivity contribution is 0.0699. The summed E-state index contributed by atoms with van der Waals surface area (Å²) >= 11 is 5.62. The Balaban J connectivity index is 3.00. The molecule has 0 radical (unpaired) electrons. The van der Waals surface area contributed by atoms with Crippen LogP contribution in [0.3, 0.4) is 0 Å². The number of hydrogen-bond donors (Lipinski definition) is 3. The molecule has 0 fully saturated rings. The SMILES string of the molecule is O=C(O)c1c(Cl)c(=O)[nH]c2cc(O)ccc12. The Bertz CT molecular complexity index is 647. The van der Waals surface area contributed by atoms with Crippen molar-refractivity contribution in [2.75, 3.05) is 0 Å². The summed E-state index contributed by atoms with van der Waals surface area (Å²) in [5.74, 6) is -1.35. The molecule has 1 aromatic heterocycles. The van der Waals surface area contributed by atoms with Gasteiger partial charge in [-0.2, -0.15) is 0 Å². The number of phenolic OH excluding ortho intramolecular Hbond substituents is 1. The van der Waals surface area contributed by atoms with Crippen molar-refractivity contribution >= 4 is 28.5 Å². The molecule has 0 aliphatic heterocycles. The molecule has 0 aliphatic rings. The van der Waals surface area contributed by atoms with Crippen LogP contribution in [-0.2, 0) is 0 Å². The molecular formula is C10H6ClNO4. The van der Waals surface area contributed by atoms with Crippen LogP contribution < -0.4 is 5.56 Å². The highest BCUT2D eigenvalue weighted by Crippen LogP contribution is 2.24. The van der Waals surface area contributed by atoms with Gasteiger partial charge in [0.2, 0.25) is 0 Å². The molecule has 82 valence electrons. The number of nitrogens with one attached hydrogen (secondary N) is 1. The summed E-state index contributed by atoms with van der Waals surface area (Å²) in [6, 6.07) is 3.97. The number of H-pyrrole nitrogens is 1. The van der Waals surface area contributed by atoms with Gasteiger partial charge in [0.05, 0.1) is 11.1 Å². The molecule has 0 saturated carbocycles. The van der Waals surface area contributed by atoms with Gasteiger partial charge in [-0.15, -0.1) is 0 Å². The maximum absolute atomic E-state index is 11.3. The van der Waals surface area contributed by atoms with Gasteiger partial charge in [0.15, 0.2) is 0 Å². The predicted molar refractivity (Wildman–Crippen MR) is 58.2 cm³/mol. The zero-order valence-electron chi connectivity index (χ0n) is 7.82. The van der Waals surface area contributed by atoms with Crippen LogP contribution in [0.4, 0.5) is 0 Å². The van der Waals surface area contributed by atoms with Crippen LogP contribution in [0.2, 0.25) is 5.02 Å². The summed E-state index contributed by atoms with van der Waals surface area (Å²) in [5, 5.41) is 18.1. The molecule has 0 bridgehead atoms. The Hall–Kier alpha value is -2.01. The molecule has 1 heterocycles. The number of aromatic amines is 1. The van der Waals surface area contributed by atoms with Crippen LogP contribution in [0, 0.1) is 0 Å². The monoisotopic (exact) mass is 239 g/mol. The molecule has 3 N–H and O–H groups in total. The zero-order valence-corrected chi connectivity index (χ0v) is 8.58. The number of halogens is 1. The van der Waals surface area contributed by atoms with Crippen molar-refractivity contribution in [2.24, 2.45) is 0 Å². The number of aromatic nitrogens is 1. The van der Waals surface area contributed by atoms with Gasteiger partial charge in [0, 0.05) is 11.5 Å². The predicted octanol–water partition coefficient (Wildman–Crippen LogP) is 1.59. The number of benzene rings is 1. The Labute approximate surface area is 93.9 Å². The standard InChI is InChI=1S/C10H6ClNO4/c11-8-7(10(15)16)5-2-1-4(13)3-6(5)12-9(8)14/h1-3,13H,(H,12,14)(H,15,16). The third-order valence-corrected chi connectivity index (χ3v) is 2.51. The van der Waals surface area contributed by atoms with Gasteiger partial charge in [-0.25, -0.2) is 4.79 Å². The van der Waals surface area contributed by atoms with Crippen molar-refractivity contribution in [3.63, 3.8) is 0 Å². The summed E-state index contributed by atoms with van der Waals surface area (Å²) in [4.78, 5) is 24.7. The largest absolute Gasteiger partial charge is 0.508 e. The van der Waals surface area contributed by atoms with E-state index in [2.05, 4.69) is 4.98 Å². The highest BCUT2D eigenvalue weighted by Gasteiger charge is 2.16. The lowest BCUT2D eigenvalue weighted by Gasteiger charge is -2.04. The average molecular weight is 240 g/mol. The fourth-order valence-electron chi connectivity index (χ4n) is 1.47. The first-order valence-electron chi connectivity index (χ1n) is 4.28. The first-order valence-corrected chi connectivity index (χ1v) is 4.66. The summed E-state index contributed by atoms with van der Waals surface area (Å²) in [5.41, 5.74) is -0.732. The van der Waals surface area contributed by atoms with E-state index < -0.39 is 11.5 Å². The third-order valence-electron chi connectivity index (χ3n) is 2.15. The van der Waals surface area contributed by atoms with Crippen molar-refractivity contribution in [3.8, 4) is 5.75 Å². The Kier molecular flexibility index (Phi) is 2.32. The van der Waals surface area contributed by atoms with Crippen LogP contribution in [0.5, 0.6) is 5.75 Å². The lowest BCUT2D eigenvalue weighted by Crippen LogP contribution is -2.13. The van der Waals surface area contributed by atoms with Crippen LogP contribution in [0.15, 0.2) is 23.0 Å². The second-order valence-corrected chi connectivity index (χ2v) is 3.56. The number of carboxylic acids is 1. The van der Waals surface area contributed by atoms with E-state index in [1.54, 1.807) is 0 Å². The van der Waals surface area contributed by atoms with Crippen LogP contribution in [-0.4, -0.2) is 21.2 Å². The molecule has 0 unspecified atom stereocenters. The van der Waals surface area contributed by atoms with Gasteiger partial charge in [-0.1, -0.05) is 11.6 Å². The van der Waals surface area contributed by atoms with Gasteiger partial charge in [-0.3, -0.25) is 4.79 Å². The van der Waals surface area contributed by atoms with Crippen molar-refractivity contribution in [1.29, 1.82) is 0 Å². The third kappa shape index (κ3) is 1.51. The van der Waals surface area contributed by atoms with E-state index in [1.165, 1.54) is 18.2 Å². The molecule has 0 saturated heterocycles. The number of aromatic carboxylic acids is 1. The molecule has 0 atom stereocenters. The van der Waals surface area contributed by atoms with Crippen LogP contribution >= 0.6 is 11.6 Å². The van der Waals surface area contributed by atoms with E-state index in [9.17, 15) is 14.7 Å². The van der Waals surface area contributed by atoms with Crippen molar-refractivity contribution in [1.82, 2.24) is 4.98 Å². The van der Waals surface area contributed by atoms with Gasteiger partial charge >= 0.3 is 5.97 Å². The molecule has 0 amide bonds. The average Bonchev–Trinajstić information content (AvgIpc) is 2.19. The zero-order chi connectivity index (χ0) is 11.9. The molecule has 2 aromatic rings. The number of aromatic hydroxyl groups is 1. The number of phenols is 1. The van der Waals surface area contributed by atoms with Crippen molar-refractivity contribution < 1.29 is 15.0 Å². The van der Waals surface area contributed by atoms with Gasteiger partial charge < -0.3 is 15.2 Å². The summed E-state index contributed by atoms with van der Waals surface area (Å²) < 4.78 is 0. The minimum atomic E-state index is -1.29. The molecule has 0 spiro atoms. The van der Waals surface area contributed by atoms with Gasteiger partial charge in [0.1, 0.15) is 10.8 Å². The van der Waals surface area contributed by atoms with E-state index >= 15 is 0 Å². The second kappa shape index (κ2) is 3.53. The molecular weight excluding hydrogens is 234 g/mol. The summed E-state index contributed by atoms with van der Waals surface area (Å²) in [7, 11) is 0. The number of carboxylic acid groups (broad SMARTS) is 1. The molecule has 1 aromatic carbocycles. The first kappa shape index (κ1) is 10.5. The van der Waals surface area contributed by atoms with Crippen LogP contribution in [0.1, 0.15) is 10.4 Å². The topological polar surface area (TPSA) is 90.4 Å². The minimum absolute atomic E-state index is 0.0678. The van der Waals surface area contributed by atoms with Crippen LogP contribution in [0.25, 0.3) is 10.9 Å². The fraction of sp³-hybridized carbons (Fsp3) is 0. The Morgan fingerprint density at radius 2 is 2.06 bits per heavy atom. The second-order valence-electron chi connectivity index (χ2n) is 3.18. The normalized spacial score (nSPS) is 10.6. The van der Waals surface area contributed by atoms with E-state index in [4.69, 9.17) is 16.7 Å². The van der Waals surface area contributed by atoms with Crippen molar-refractivity contribution in [2.45, 2.75) is 0 Å². The quantitative estimate of drug-likeness (QED) is 0.705. The highest BCUT2D eigenvalue weighted by molar-refractivity contribution is 6.34. The number of carbonyl (C=O) groups is 1. The van der Waals surface area contributed by atoms with E-state index in [-0.39, 0.29) is 27.2 Å². The smallest absolute Gasteiger partial charge is 0.338 e. The van der Waals surface area contributed by atoms with Gasteiger partial charge in [0.25, 0.3) is 5.56 Å².